The van der Waals surface area contributed by atoms with Crippen LogP contribution in [-0.4, -0.2) is 39.3 Å². The molecule has 10 nitrogen and oxygen atoms in total. The highest BCUT2D eigenvalue weighted by Crippen LogP contribution is 2.11. The molecular weight excluding hydrogens is 188 g/mol. The summed E-state index contributed by atoms with van der Waals surface area (Å²) in [5.41, 5.74) is 0. The highest BCUT2D eigenvalue weighted by Gasteiger charge is 2.68. The van der Waals surface area contributed by atoms with Gasteiger partial charge < -0.3 is 10.3 Å². The summed E-state index contributed by atoms with van der Waals surface area (Å²) in [6.45, 7) is -1.56. The third-order valence-electron chi connectivity index (χ3n) is 1.28. The van der Waals surface area contributed by atoms with Crippen molar-refractivity contribution in [3.05, 3.63) is 25.4 Å². The highest BCUT2D eigenvalue weighted by molar-refractivity contribution is 4.47. The molecule has 0 radical (unpaired) electrons. The summed E-state index contributed by atoms with van der Waals surface area (Å²) in [6.07, 6.45) is 0. The van der Waals surface area contributed by atoms with Gasteiger partial charge in [0, 0.05) is 0 Å². The quantitative estimate of drug-likeness (QED) is 0.195. The Balaban J connectivity index is 5.37. The molecule has 13 heavy (non-hydrogen) atoms. The maximum Gasteiger partial charge on any atom is 0.704 e. The van der Waals surface area contributed by atoms with Gasteiger partial charge in [-0.1, -0.05) is 0 Å². The summed E-state index contributed by atoms with van der Waals surface area (Å²) in [5.74, 6) is -3.34. The van der Waals surface area contributed by atoms with Crippen molar-refractivity contribution in [1.82, 2.24) is 0 Å². The van der Waals surface area contributed by atoms with E-state index < -0.39 is 27.1 Å². The number of aliphatic hydroxyl groups excluding tert-OH is 1. The standard InChI is InChI=1S/C3H6N4O6/c1-4-5(9)3(2-8,6(10)11)7(12)13/h8H,2H2,1H3. The maximum absolute atomic E-state index is 10.7. The molecule has 0 heterocycles. The van der Waals surface area contributed by atoms with Crippen LogP contribution in [0.15, 0.2) is 5.11 Å². The molecule has 0 unspecified atom stereocenters. The van der Waals surface area contributed by atoms with Crippen molar-refractivity contribution in [2.75, 3.05) is 13.7 Å². The van der Waals surface area contributed by atoms with Crippen LogP contribution in [0.2, 0.25) is 0 Å². The molecule has 0 aliphatic carbocycles. The smallest absolute Gasteiger partial charge is 0.589 e. The van der Waals surface area contributed by atoms with Crippen molar-refractivity contribution in [2.24, 2.45) is 5.11 Å². The predicted octanol–water partition coefficient (Wildman–Crippen LogP) is -1.22. The first kappa shape index (κ1) is 11.2. The Hall–Kier alpha value is -1.84. The molecule has 0 aromatic carbocycles. The lowest BCUT2D eigenvalue weighted by molar-refractivity contribution is -0.981. The fourth-order valence-corrected chi connectivity index (χ4v) is 0.542. The topological polar surface area (TPSA) is 145 Å². The summed E-state index contributed by atoms with van der Waals surface area (Å²) >= 11 is 0. The van der Waals surface area contributed by atoms with Crippen LogP contribution in [0.3, 0.4) is 0 Å². The molecule has 0 fully saturated rings. The first-order valence-electron chi connectivity index (χ1n) is 2.90. The number of hydrogen-bond acceptors (Lipinski definition) is 7. The number of nitrogens with zero attached hydrogens (tertiary/aromatic N) is 4. The van der Waals surface area contributed by atoms with Crippen molar-refractivity contribution < 1.29 is 19.8 Å². The molecule has 0 rings (SSSR count). The molecule has 0 spiro atoms. The van der Waals surface area contributed by atoms with E-state index in [0.29, 0.717) is 0 Å². The Morgan fingerprint density at radius 1 is 1.31 bits per heavy atom. The summed E-state index contributed by atoms with van der Waals surface area (Å²) < 4.78 is 0. The van der Waals surface area contributed by atoms with Gasteiger partial charge in [-0.15, -0.1) is 0 Å². The van der Waals surface area contributed by atoms with Gasteiger partial charge in [0.25, 0.3) is 6.61 Å². The molecule has 0 atom stereocenters. The van der Waals surface area contributed by atoms with Crippen LogP contribution < -0.4 is 0 Å². The third-order valence-corrected chi connectivity index (χ3v) is 1.28. The molecule has 0 saturated heterocycles. The van der Waals surface area contributed by atoms with Gasteiger partial charge in [0.2, 0.25) is 0 Å². The van der Waals surface area contributed by atoms with Gasteiger partial charge in [-0.2, -0.15) is 0 Å². The van der Waals surface area contributed by atoms with Crippen LogP contribution in [0, 0.1) is 25.4 Å². The van der Waals surface area contributed by atoms with Gasteiger partial charge in [-0.05, 0) is 5.11 Å². The minimum absolute atomic E-state index is 0.757. The van der Waals surface area contributed by atoms with E-state index >= 15 is 0 Å². The zero-order valence-electron chi connectivity index (χ0n) is 6.48. The van der Waals surface area contributed by atoms with Crippen LogP contribution in [0.1, 0.15) is 0 Å². The van der Waals surface area contributed by atoms with E-state index in [0.717, 1.165) is 7.05 Å². The van der Waals surface area contributed by atoms with Gasteiger partial charge in [0.1, 0.15) is 0 Å². The average Bonchev–Trinajstić information content (AvgIpc) is 2.04. The number of hydrogen-bond donors (Lipinski definition) is 1. The largest absolute Gasteiger partial charge is 0.704 e. The number of rotatable bonds is 4. The molecule has 0 bridgehead atoms. The van der Waals surface area contributed by atoms with Gasteiger partial charge in [0.15, 0.2) is 9.85 Å². The van der Waals surface area contributed by atoms with E-state index in [1.54, 1.807) is 0 Å². The Labute approximate surface area is 71.0 Å². The Kier molecular flexibility index (Phi) is 3.18. The van der Waals surface area contributed by atoms with Crippen LogP contribution in [-0.2, 0) is 0 Å². The lowest BCUT2D eigenvalue weighted by Crippen LogP contribution is -2.56. The van der Waals surface area contributed by atoms with E-state index in [4.69, 9.17) is 5.11 Å². The summed E-state index contributed by atoms with van der Waals surface area (Å²) in [5, 5.41) is 42.2. The van der Waals surface area contributed by atoms with E-state index in [1.807, 2.05) is 0 Å². The van der Waals surface area contributed by atoms with Crippen molar-refractivity contribution in [3.63, 3.8) is 0 Å². The number of azo groups is 1. The highest BCUT2D eigenvalue weighted by atomic mass is 16.7. The van der Waals surface area contributed by atoms with Gasteiger partial charge in [-0.3, -0.25) is 20.2 Å². The molecule has 74 valence electrons. The van der Waals surface area contributed by atoms with E-state index in [9.17, 15) is 25.4 Å². The zero-order chi connectivity index (χ0) is 10.6. The van der Waals surface area contributed by atoms with E-state index in [-0.39, 0.29) is 0 Å². The monoisotopic (exact) mass is 194 g/mol. The first-order valence-corrected chi connectivity index (χ1v) is 2.90. The average molecular weight is 194 g/mol. The minimum Gasteiger partial charge on any atom is -0.589 e. The molecule has 0 aliphatic heterocycles. The second kappa shape index (κ2) is 3.71. The summed E-state index contributed by atoms with van der Waals surface area (Å²) in [7, 11) is 0.838. The van der Waals surface area contributed by atoms with Crippen molar-refractivity contribution in [1.29, 1.82) is 0 Å². The lowest BCUT2D eigenvalue weighted by Gasteiger charge is -2.09. The fourth-order valence-electron chi connectivity index (χ4n) is 0.542. The minimum atomic E-state index is -3.34. The third kappa shape index (κ3) is 1.51. The SMILES string of the molecule is CN=[N+]([O-])C(CO)([N+](=O)[O-])[N+](=O)[O-]. The molecule has 10 heteroatoms. The number of hydroxylamine groups is 1. The molecule has 0 aromatic heterocycles. The van der Waals surface area contributed by atoms with Crippen molar-refractivity contribution in [2.45, 2.75) is 5.79 Å². The van der Waals surface area contributed by atoms with Gasteiger partial charge in [-0.25, -0.2) is 0 Å². The van der Waals surface area contributed by atoms with Crippen LogP contribution >= 0.6 is 0 Å². The molecule has 1 N–H and O–H groups in total. The lowest BCUT2D eigenvalue weighted by atomic mass is 10.4. The molecule has 0 aromatic rings. The predicted molar refractivity (Wildman–Crippen MR) is 35.8 cm³/mol. The van der Waals surface area contributed by atoms with Crippen LogP contribution in [0.4, 0.5) is 0 Å². The molecular formula is C3H6N4O6. The second-order valence-electron chi connectivity index (χ2n) is 1.92. The Morgan fingerprint density at radius 2 is 1.69 bits per heavy atom. The molecule has 0 saturated carbocycles. The molecule has 0 aliphatic rings. The molecule has 0 amide bonds. The number of nitro groups is 2. The summed E-state index contributed by atoms with van der Waals surface area (Å²) in [4.78, 5) is 16.6. The van der Waals surface area contributed by atoms with Crippen LogP contribution in [0.5, 0.6) is 0 Å². The van der Waals surface area contributed by atoms with Gasteiger partial charge >= 0.3 is 5.79 Å². The second-order valence-corrected chi connectivity index (χ2v) is 1.92. The fraction of sp³-hybridized carbons (Fsp3) is 1.00. The van der Waals surface area contributed by atoms with Gasteiger partial charge in [0.05, 0.1) is 11.9 Å². The Morgan fingerprint density at radius 3 is 1.77 bits per heavy atom. The van der Waals surface area contributed by atoms with E-state index in [2.05, 4.69) is 5.11 Å². The van der Waals surface area contributed by atoms with E-state index in [1.165, 1.54) is 0 Å². The zero-order valence-corrected chi connectivity index (χ0v) is 6.48. The van der Waals surface area contributed by atoms with Crippen LogP contribution in [0.25, 0.3) is 0 Å². The normalized spacial score (nSPS) is 12.6. The Bertz CT molecular complexity index is 247. The maximum atomic E-state index is 10.7. The van der Waals surface area contributed by atoms with Crippen molar-refractivity contribution in [3.8, 4) is 0 Å². The summed E-state index contributed by atoms with van der Waals surface area (Å²) in [6, 6.07) is 0. The van der Waals surface area contributed by atoms with Crippen molar-refractivity contribution >= 4 is 0 Å². The first-order chi connectivity index (χ1) is 5.93. The number of aliphatic hydroxyl groups is 1.